The van der Waals surface area contributed by atoms with Crippen molar-refractivity contribution < 1.29 is 45.8 Å². The first kappa shape index (κ1) is 20.2. The first-order valence-corrected chi connectivity index (χ1v) is 8.32. The van der Waals surface area contributed by atoms with Gasteiger partial charge in [0.05, 0.1) is 16.7 Å². The minimum absolute atomic E-state index is 0.163. The van der Waals surface area contributed by atoms with Gasteiger partial charge in [-0.2, -0.15) is 13.2 Å². The van der Waals surface area contributed by atoms with Crippen LogP contribution in [0.5, 0.6) is 0 Å². The van der Waals surface area contributed by atoms with Crippen molar-refractivity contribution >= 4 is 27.6 Å². The van der Waals surface area contributed by atoms with Crippen molar-refractivity contribution in [3.05, 3.63) is 58.9 Å². The second kappa shape index (κ2) is 6.87. The van der Waals surface area contributed by atoms with E-state index in [2.05, 4.69) is 0 Å². The number of hydrogen-bond acceptors (Lipinski definition) is 4. The summed E-state index contributed by atoms with van der Waals surface area (Å²) >= 11 is 0. The van der Waals surface area contributed by atoms with Crippen LogP contribution in [0.3, 0.4) is 0 Å². The summed E-state index contributed by atoms with van der Waals surface area (Å²) in [6.07, 6.45) is -5.11. The lowest BCUT2D eigenvalue weighted by atomic mass is 10.1. The highest BCUT2D eigenvalue weighted by Crippen LogP contribution is 2.34. The maximum absolute atomic E-state index is 13.3. The van der Waals surface area contributed by atoms with Crippen LogP contribution in [-0.2, 0) is 16.2 Å². The molecule has 27 heavy (non-hydrogen) atoms. The van der Waals surface area contributed by atoms with Gasteiger partial charge in [0.1, 0.15) is 10.7 Å². The molecule has 0 spiro atoms. The number of anilines is 1. The second-order valence-electron chi connectivity index (χ2n) is 5.09. The number of hydrogen-bond donors (Lipinski definition) is 3. The Morgan fingerprint density at radius 2 is 1.48 bits per heavy atom. The van der Waals surface area contributed by atoms with Gasteiger partial charge in [0.15, 0.2) is 0 Å². The monoisotopic (exact) mass is 407 g/mol. The molecule has 0 amide bonds. The fraction of sp³-hybridized carbons (Fsp3) is 0.0667. The summed E-state index contributed by atoms with van der Waals surface area (Å²) in [5.41, 5.74) is -4.30. The molecule has 7 nitrogen and oxygen atoms in total. The zero-order valence-electron chi connectivity index (χ0n) is 12.9. The minimum Gasteiger partial charge on any atom is -0.478 e. The largest absolute Gasteiger partial charge is 0.478 e. The molecule has 2 aromatic carbocycles. The highest BCUT2D eigenvalue weighted by atomic mass is 32.2. The van der Waals surface area contributed by atoms with Crippen LogP contribution in [0, 0.1) is 5.82 Å². The summed E-state index contributed by atoms with van der Waals surface area (Å²) in [4.78, 5) is 21.3. The number of rotatable bonds is 5. The summed E-state index contributed by atoms with van der Waals surface area (Å²) in [7, 11) is -4.94. The zero-order chi connectivity index (χ0) is 20.6. The van der Waals surface area contributed by atoms with Gasteiger partial charge in [-0.05, 0) is 30.3 Å². The SMILES string of the molecule is O=C(O)c1cccc(C(=O)O)c1S(=O)(=O)Nc1ccc(F)c(C(F)(F)F)c1. The van der Waals surface area contributed by atoms with Gasteiger partial charge in [-0.25, -0.2) is 22.4 Å². The molecule has 0 aliphatic rings. The number of alkyl halides is 3. The van der Waals surface area contributed by atoms with Crippen LogP contribution in [-0.4, -0.2) is 30.6 Å². The molecule has 2 aromatic rings. The molecule has 144 valence electrons. The Hall–Kier alpha value is -3.15. The van der Waals surface area contributed by atoms with Crippen molar-refractivity contribution in [1.82, 2.24) is 0 Å². The van der Waals surface area contributed by atoms with E-state index in [9.17, 15) is 35.6 Å². The van der Waals surface area contributed by atoms with Gasteiger partial charge in [0.25, 0.3) is 10.0 Å². The van der Waals surface area contributed by atoms with Crippen molar-refractivity contribution in [1.29, 1.82) is 0 Å². The van der Waals surface area contributed by atoms with Gasteiger partial charge < -0.3 is 10.2 Å². The summed E-state index contributed by atoms with van der Waals surface area (Å²) in [6, 6.07) is 3.82. The van der Waals surface area contributed by atoms with Crippen molar-refractivity contribution in [2.75, 3.05) is 4.72 Å². The van der Waals surface area contributed by atoms with E-state index in [-0.39, 0.29) is 6.07 Å². The van der Waals surface area contributed by atoms with E-state index in [4.69, 9.17) is 10.2 Å². The predicted molar refractivity (Wildman–Crippen MR) is 82.6 cm³/mol. The van der Waals surface area contributed by atoms with Crippen molar-refractivity contribution in [2.24, 2.45) is 0 Å². The number of benzene rings is 2. The molecule has 0 aliphatic carbocycles. The Morgan fingerprint density at radius 3 is 1.93 bits per heavy atom. The molecule has 0 aliphatic heterocycles. The zero-order valence-corrected chi connectivity index (χ0v) is 13.7. The van der Waals surface area contributed by atoms with E-state index in [1.54, 1.807) is 4.72 Å². The Balaban J connectivity index is 2.62. The third-order valence-electron chi connectivity index (χ3n) is 3.27. The molecule has 0 saturated heterocycles. The standard InChI is InChI=1S/C15H9F4NO6S/c16-11-5-4-7(6-10(11)15(17,18)19)20-27(25,26)12-8(13(21)22)2-1-3-9(12)14(23)24/h1-6,20H,(H,21,22)(H,23,24). The minimum atomic E-state index is -5.11. The fourth-order valence-electron chi connectivity index (χ4n) is 2.18. The van der Waals surface area contributed by atoms with Crippen LogP contribution in [0.1, 0.15) is 26.3 Å². The Bertz CT molecular complexity index is 1000. The molecule has 0 unspecified atom stereocenters. The average molecular weight is 407 g/mol. The summed E-state index contributed by atoms with van der Waals surface area (Å²) in [5.74, 6) is -5.19. The number of carboxylic acid groups (broad SMARTS) is 2. The third kappa shape index (κ3) is 4.16. The summed E-state index contributed by atoms with van der Waals surface area (Å²) in [5, 5.41) is 18.2. The molecular weight excluding hydrogens is 398 g/mol. The number of aromatic carboxylic acids is 2. The fourth-order valence-corrected chi connectivity index (χ4v) is 3.60. The number of halogens is 4. The van der Waals surface area contributed by atoms with Crippen LogP contribution < -0.4 is 4.72 Å². The molecule has 0 bridgehead atoms. The molecule has 3 N–H and O–H groups in total. The average Bonchev–Trinajstić information content (AvgIpc) is 2.54. The molecule has 0 saturated carbocycles. The summed E-state index contributed by atoms with van der Waals surface area (Å²) < 4.78 is 78.2. The first-order valence-electron chi connectivity index (χ1n) is 6.84. The van der Waals surface area contributed by atoms with Crippen molar-refractivity contribution in [2.45, 2.75) is 11.1 Å². The van der Waals surface area contributed by atoms with Crippen LogP contribution in [0.25, 0.3) is 0 Å². The van der Waals surface area contributed by atoms with E-state index in [1.807, 2.05) is 0 Å². The predicted octanol–water partition coefficient (Wildman–Crippen LogP) is 3.04. The number of carbonyl (C=O) groups is 2. The van der Waals surface area contributed by atoms with Crippen molar-refractivity contribution in [3.63, 3.8) is 0 Å². The molecule has 2 rings (SSSR count). The Kier molecular flexibility index (Phi) is 5.13. The van der Waals surface area contributed by atoms with Gasteiger partial charge in [-0.15, -0.1) is 0 Å². The van der Waals surface area contributed by atoms with Gasteiger partial charge >= 0.3 is 18.1 Å². The van der Waals surface area contributed by atoms with E-state index in [0.717, 1.165) is 18.2 Å². The van der Waals surface area contributed by atoms with Gasteiger partial charge in [0, 0.05) is 5.69 Å². The van der Waals surface area contributed by atoms with Crippen LogP contribution in [0.4, 0.5) is 23.2 Å². The highest BCUT2D eigenvalue weighted by molar-refractivity contribution is 7.92. The smallest absolute Gasteiger partial charge is 0.419 e. The maximum Gasteiger partial charge on any atom is 0.419 e. The quantitative estimate of drug-likeness (QED) is 0.655. The molecule has 0 fully saturated rings. The lowest BCUT2D eigenvalue weighted by Crippen LogP contribution is -2.21. The lowest BCUT2D eigenvalue weighted by Gasteiger charge is -2.14. The first-order chi connectivity index (χ1) is 12.3. The number of sulfonamides is 1. The van der Waals surface area contributed by atoms with Crippen LogP contribution in [0.15, 0.2) is 41.3 Å². The van der Waals surface area contributed by atoms with Gasteiger partial charge in [-0.1, -0.05) is 6.07 Å². The molecule has 0 radical (unpaired) electrons. The summed E-state index contributed by atoms with van der Waals surface area (Å²) in [6.45, 7) is 0. The highest BCUT2D eigenvalue weighted by Gasteiger charge is 2.35. The van der Waals surface area contributed by atoms with Crippen LogP contribution >= 0.6 is 0 Å². The van der Waals surface area contributed by atoms with Gasteiger partial charge in [-0.3, -0.25) is 4.72 Å². The van der Waals surface area contributed by atoms with E-state index in [0.29, 0.717) is 12.1 Å². The topological polar surface area (TPSA) is 121 Å². The molecular formula is C15H9F4NO6S. The molecule has 0 atom stereocenters. The maximum atomic E-state index is 13.3. The van der Waals surface area contributed by atoms with E-state index >= 15 is 0 Å². The third-order valence-corrected chi connectivity index (χ3v) is 4.75. The van der Waals surface area contributed by atoms with E-state index < -0.39 is 61.2 Å². The lowest BCUT2D eigenvalue weighted by molar-refractivity contribution is -0.139. The molecule has 0 heterocycles. The van der Waals surface area contributed by atoms with Crippen LogP contribution in [0.2, 0.25) is 0 Å². The Labute approximate surface area is 148 Å². The Morgan fingerprint density at radius 1 is 0.963 bits per heavy atom. The van der Waals surface area contributed by atoms with Gasteiger partial charge in [0.2, 0.25) is 0 Å². The number of nitrogens with one attached hydrogen (secondary N) is 1. The normalized spacial score (nSPS) is 11.9. The second-order valence-corrected chi connectivity index (χ2v) is 6.71. The number of carboxylic acids is 2. The molecule has 12 heteroatoms. The van der Waals surface area contributed by atoms with E-state index in [1.165, 1.54) is 0 Å². The van der Waals surface area contributed by atoms with Crippen molar-refractivity contribution in [3.8, 4) is 0 Å². The molecule has 0 aromatic heterocycles.